The molecule has 0 aliphatic heterocycles. The molecule has 0 aliphatic carbocycles. The third kappa shape index (κ3) is 59.0. The Morgan fingerprint density at radius 2 is 0.527 bits per heavy atom. The van der Waals surface area contributed by atoms with Gasteiger partial charge in [0.15, 0.2) is 6.10 Å². The highest BCUT2D eigenvalue weighted by Crippen LogP contribution is 2.16. The van der Waals surface area contributed by atoms with Gasteiger partial charge in [0.2, 0.25) is 0 Å². The van der Waals surface area contributed by atoms with Gasteiger partial charge in [-0.2, -0.15) is 0 Å². The average molecular weight is 1030 g/mol. The number of hydrogen-bond donors (Lipinski definition) is 0. The van der Waals surface area contributed by atoms with Crippen molar-refractivity contribution < 1.29 is 28.6 Å². The molecule has 0 heterocycles. The molecular formula is C68H114O6. The molecule has 0 amide bonds. The van der Waals surface area contributed by atoms with E-state index in [4.69, 9.17) is 14.2 Å². The summed E-state index contributed by atoms with van der Waals surface area (Å²) in [5.74, 6) is -0.928. The average Bonchev–Trinajstić information content (AvgIpc) is 3.40. The predicted molar refractivity (Wildman–Crippen MR) is 320 cm³/mol. The lowest BCUT2D eigenvalue weighted by atomic mass is 10.0. The molecule has 6 nitrogen and oxygen atoms in total. The van der Waals surface area contributed by atoms with E-state index in [1.807, 2.05) is 0 Å². The topological polar surface area (TPSA) is 78.9 Å². The predicted octanol–water partition coefficient (Wildman–Crippen LogP) is 21.0. The van der Waals surface area contributed by atoms with Crippen LogP contribution in [0.25, 0.3) is 0 Å². The Morgan fingerprint density at radius 3 is 0.851 bits per heavy atom. The van der Waals surface area contributed by atoms with Crippen molar-refractivity contribution in [2.24, 2.45) is 0 Å². The van der Waals surface area contributed by atoms with Gasteiger partial charge in [-0.25, -0.2) is 0 Å². The van der Waals surface area contributed by atoms with Gasteiger partial charge in [-0.15, -0.1) is 0 Å². The minimum absolute atomic E-state index is 0.0918. The van der Waals surface area contributed by atoms with Gasteiger partial charge in [-0.05, 0) is 122 Å². The lowest BCUT2D eigenvalue weighted by Crippen LogP contribution is -2.30. The molecule has 74 heavy (non-hydrogen) atoms. The van der Waals surface area contributed by atoms with E-state index >= 15 is 0 Å². The molecule has 0 bridgehead atoms. The first kappa shape index (κ1) is 70.1. The molecule has 0 fully saturated rings. The first-order valence-corrected chi connectivity index (χ1v) is 30.9. The molecule has 0 aromatic carbocycles. The minimum atomic E-state index is -0.796. The molecule has 0 rings (SSSR count). The molecule has 0 spiro atoms. The van der Waals surface area contributed by atoms with Crippen LogP contribution >= 0.6 is 0 Å². The van der Waals surface area contributed by atoms with E-state index in [1.54, 1.807) is 0 Å². The number of rotatable bonds is 55. The summed E-state index contributed by atoms with van der Waals surface area (Å²) in [5.41, 5.74) is 0. The second kappa shape index (κ2) is 61.6. The van der Waals surface area contributed by atoms with Crippen LogP contribution in [-0.4, -0.2) is 37.2 Å². The van der Waals surface area contributed by atoms with Crippen molar-refractivity contribution >= 4 is 17.9 Å². The van der Waals surface area contributed by atoms with E-state index in [9.17, 15) is 14.4 Å². The Labute approximate surface area is 457 Å². The second-order valence-electron chi connectivity index (χ2n) is 20.2. The zero-order chi connectivity index (χ0) is 53.6. The highest BCUT2D eigenvalue weighted by molar-refractivity contribution is 5.71. The van der Waals surface area contributed by atoms with Crippen molar-refractivity contribution in [1.29, 1.82) is 0 Å². The van der Waals surface area contributed by atoms with Gasteiger partial charge in [-0.1, -0.05) is 252 Å². The maximum absolute atomic E-state index is 12.8. The number of esters is 3. The first-order valence-electron chi connectivity index (χ1n) is 30.9. The number of carbonyl (C=O) groups is 3. The van der Waals surface area contributed by atoms with Crippen molar-refractivity contribution in [1.82, 2.24) is 0 Å². The van der Waals surface area contributed by atoms with Crippen LogP contribution in [0.2, 0.25) is 0 Å². The molecule has 0 aromatic heterocycles. The fourth-order valence-electron chi connectivity index (χ4n) is 8.42. The SMILES string of the molecule is CC/C=C\C/C=C\C/C=C\C/C=C\C/C=C\CCCCCCCCCCCCCCCCCC(=O)OCC(COC(=O)CCCCCCC/C=C\CCCCC)OC(=O)CCCCC/C=C\C/C=C\C/C=C\CC. The molecule has 422 valence electrons. The molecule has 0 radical (unpaired) electrons. The zero-order valence-corrected chi connectivity index (χ0v) is 48.3. The normalized spacial score (nSPS) is 12.9. The molecule has 0 aromatic rings. The van der Waals surface area contributed by atoms with Gasteiger partial charge in [0.05, 0.1) is 0 Å². The summed E-state index contributed by atoms with van der Waals surface area (Å²) in [6.07, 6.45) is 83.9. The van der Waals surface area contributed by atoms with E-state index in [2.05, 4.69) is 130 Å². The fraction of sp³-hybridized carbons (Fsp3) is 0.691. The van der Waals surface area contributed by atoms with E-state index in [0.717, 1.165) is 122 Å². The molecule has 0 aliphatic rings. The largest absolute Gasteiger partial charge is 0.462 e. The number of ether oxygens (including phenoxy) is 3. The zero-order valence-electron chi connectivity index (χ0n) is 48.3. The molecule has 6 heteroatoms. The van der Waals surface area contributed by atoms with E-state index < -0.39 is 6.10 Å². The van der Waals surface area contributed by atoms with Gasteiger partial charge in [0.25, 0.3) is 0 Å². The summed E-state index contributed by atoms with van der Waals surface area (Å²) in [5, 5.41) is 0. The monoisotopic (exact) mass is 1030 g/mol. The standard InChI is InChI=1S/C68H114O6/c1-4-7-10-13-16-19-22-25-26-27-28-29-30-31-32-33-34-35-36-37-38-39-40-41-42-44-46-49-52-55-58-61-67(70)73-64-65(63-72-66(69)60-57-54-51-48-45-24-21-18-15-12-9-6-3)74-68(71)62-59-56-53-50-47-43-23-20-17-14-11-8-5-2/h7-8,10-11,16-21,25-26,28-29,31-32,43,47,65H,4-6,9,12-15,22-24,27,30,33-42,44-46,48-64H2,1-3H3/b10-7-,11-8-,19-16-,20-17-,21-18-,26-25-,29-28-,32-31-,47-43-. The van der Waals surface area contributed by atoms with Gasteiger partial charge in [0, 0.05) is 19.3 Å². The molecule has 0 saturated heterocycles. The van der Waals surface area contributed by atoms with Crippen molar-refractivity contribution in [3.63, 3.8) is 0 Å². The lowest BCUT2D eigenvalue weighted by molar-refractivity contribution is -0.167. The van der Waals surface area contributed by atoms with Crippen molar-refractivity contribution in [3.8, 4) is 0 Å². The van der Waals surface area contributed by atoms with E-state index in [-0.39, 0.29) is 31.1 Å². The van der Waals surface area contributed by atoms with Crippen molar-refractivity contribution in [2.75, 3.05) is 13.2 Å². The maximum atomic E-state index is 12.8. The lowest BCUT2D eigenvalue weighted by Gasteiger charge is -2.18. The van der Waals surface area contributed by atoms with E-state index in [1.165, 1.54) is 122 Å². The molecular weight excluding hydrogens is 913 g/mol. The van der Waals surface area contributed by atoms with Gasteiger partial charge in [-0.3, -0.25) is 14.4 Å². The van der Waals surface area contributed by atoms with Crippen LogP contribution in [0.15, 0.2) is 109 Å². The number of unbranched alkanes of at least 4 members (excludes halogenated alkanes) is 26. The van der Waals surface area contributed by atoms with Crippen LogP contribution in [0.1, 0.15) is 284 Å². The third-order valence-corrected chi connectivity index (χ3v) is 13.0. The first-order chi connectivity index (χ1) is 36.5. The number of hydrogen-bond acceptors (Lipinski definition) is 6. The summed E-state index contributed by atoms with van der Waals surface area (Å²) in [7, 11) is 0. The molecule has 0 saturated carbocycles. The molecule has 1 unspecified atom stereocenters. The Hall–Kier alpha value is -3.93. The Bertz CT molecular complexity index is 1510. The van der Waals surface area contributed by atoms with Crippen molar-refractivity contribution in [3.05, 3.63) is 109 Å². The third-order valence-electron chi connectivity index (χ3n) is 13.0. The summed E-state index contributed by atoms with van der Waals surface area (Å²) in [6, 6.07) is 0. The summed E-state index contributed by atoms with van der Waals surface area (Å²) >= 11 is 0. The van der Waals surface area contributed by atoms with Gasteiger partial charge < -0.3 is 14.2 Å². The number of allylic oxidation sites excluding steroid dienone is 18. The van der Waals surface area contributed by atoms with Crippen molar-refractivity contribution in [2.45, 2.75) is 290 Å². The van der Waals surface area contributed by atoms with E-state index in [0.29, 0.717) is 19.3 Å². The summed E-state index contributed by atoms with van der Waals surface area (Å²) in [4.78, 5) is 38.1. The second-order valence-corrected chi connectivity index (χ2v) is 20.2. The number of carbonyl (C=O) groups excluding carboxylic acids is 3. The minimum Gasteiger partial charge on any atom is -0.462 e. The highest BCUT2D eigenvalue weighted by atomic mass is 16.6. The van der Waals surface area contributed by atoms with Crippen LogP contribution in [-0.2, 0) is 28.6 Å². The molecule has 0 N–H and O–H groups in total. The fourth-order valence-corrected chi connectivity index (χ4v) is 8.42. The Kier molecular flexibility index (Phi) is 58.3. The quantitative estimate of drug-likeness (QED) is 0.0261. The Balaban J connectivity index is 4.18. The van der Waals surface area contributed by atoms with Gasteiger partial charge in [0.1, 0.15) is 13.2 Å². The summed E-state index contributed by atoms with van der Waals surface area (Å²) in [6.45, 7) is 6.36. The van der Waals surface area contributed by atoms with Crippen LogP contribution in [0.3, 0.4) is 0 Å². The molecule has 1 atom stereocenters. The maximum Gasteiger partial charge on any atom is 0.306 e. The van der Waals surface area contributed by atoms with Crippen LogP contribution in [0, 0.1) is 0 Å². The smallest absolute Gasteiger partial charge is 0.306 e. The highest BCUT2D eigenvalue weighted by Gasteiger charge is 2.19. The van der Waals surface area contributed by atoms with Crippen LogP contribution in [0.4, 0.5) is 0 Å². The van der Waals surface area contributed by atoms with Crippen LogP contribution in [0.5, 0.6) is 0 Å². The van der Waals surface area contributed by atoms with Crippen LogP contribution < -0.4 is 0 Å². The summed E-state index contributed by atoms with van der Waals surface area (Å²) < 4.78 is 16.8. The van der Waals surface area contributed by atoms with Gasteiger partial charge >= 0.3 is 17.9 Å². The Morgan fingerprint density at radius 1 is 0.284 bits per heavy atom.